The Morgan fingerprint density at radius 1 is 1.26 bits per heavy atom. The van der Waals surface area contributed by atoms with E-state index in [1.807, 2.05) is 16.8 Å². The molecule has 1 N–H and O–H groups in total. The van der Waals surface area contributed by atoms with Gasteiger partial charge < -0.3 is 24.4 Å². The number of methoxy groups -OCH3 is 1. The van der Waals surface area contributed by atoms with Gasteiger partial charge in [-0.05, 0) is 30.5 Å². The molecular weight excluding hydrogens is 510 g/mol. The summed E-state index contributed by atoms with van der Waals surface area (Å²) in [7, 11) is 1.50. The van der Waals surface area contributed by atoms with Gasteiger partial charge in [0.1, 0.15) is 29.7 Å². The third-order valence-corrected chi connectivity index (χ3v) is 7.59. The van der Waals surface area contributed by atoms with E-state index in [9.17, 15) is 9.59 Å². The number of nitrogens with one attached hydrogen (secondary N) is 1. The SMILES string of the molecule is COc1nc(-c2cnn3c2CCC3)c(O[C@H]2CCN3C(=O)OC[C@@H]3C2)cc1C(=O)NCc1ccc(Cl)cc1. The monoisotopic (exact) mass is 537 g/mol. The molecule has 6 rings (SSSR count). The van der Waals surface area contributed by atoms with Crippen molar-refractivity contribution in [1.29, 1.82) is 0 Å². The number of carbonyl (C=O) groups is 2. The molecule has 0 bridgehead atoms. The molecule has 0 aliphatic carbocycles. The number of ether oxygens (including phenoxy) is 3. The Morgan fingerprint density at radius 2 is 2.11 bits per heavy atom. The van der Waals surface area contributed by atoms with Crippen LogP contribution in [0, 0.1) is 0 Å². The summed E-state index contributed by atoms with van der Waals surface area (Å²) in [6, 6.07) is 8.98. The second kappa shape index (κ2) is 10.2. The van der Waals surface area contributed by atoms with Gasteiger partial charge in [0.25, 0.3) is 5.91 Å². The van der Waals surface area contributed by atoms with Crippen molar-refractivity contribution in [3.63, 3.8) is 0 Å². The highest BCUT2D eigenvalue weighted by Crippen LogP contribution is 2.38. The number of hydrogen-bond donors (Lipinski definition) is 1. The number of nitrogens with zero attached hydrogens (tertiary/aromatic N) is 4. The topological polar surface area (TPSA) is 108 Å². The summed E-state index contributed by atoms with van der Waals surface area (Å²) in [6.07, 6.45) is 4.58. The fraction of sp³-hybridized carbons (Fsp3) is 0.407. The molecule has 2 fully saturated rings. The molecule has 0 saturated carbocycles. The van der Waals surface area contributed by atoms with Crippen molar-refractivity contribution >= 4 is 23.6 Å². The minimum Gasteiger partial charge on any atom is -0.488 e. The first kappa shape index (κ1) is 24.5. The maximum Gasteiger partial charge on any atom is 0.410 e. The molecule has 0 spiro atoms. The number of pyridine rings is 1. The molecule has 198 valence electrons. The Morgan fingerprint density at radius 3 is 2.92 bits per heavy atom. The summed E-state index contributed by atoms with van der Waals surface area (Å²) < 4.78 is 19.3. The van der Waals surface area contributed by atoms with Crippen molar-refractivity contribution < 1.29 is 23.8 Å². The van der Waals surface area contributed by atoms with Crippen LogP contribution in [0.4, 0.5) is 4.79 Å². The van der Waals surface area contributed by atoms with Crippen molar-refractivity contribution in [3.8, 4) is 22.9 Å². The molecule has 2 amide bonds. The van der Waals surface area contributed by atoms with Gasteiger partial charge in [-0.3, -0.25) is 9.48 Å². The molecule has 1 aromatic carbocycles. The molecule has 3 aliphatic heterocycles. The summed E-state index contributed by atoms with van der Waals surface area (Å²) in [4.78, 5) is 31.8. The fourth-order valence-corrected chi connectivity index (χ4v) is 5.50. The molecule has 2 atom stereocenters. The Bertz CT molecular complexity index is 1370. The molecule has 3 aliphatic rings. The first-order valence-corrected chi connectivity index (χ1v) is 13.1. The zero-order chi connectivity index (χ0) is 26.2. The maximum atomic E-state index is 13.3. The average Bonchev–Trinajstić information content (AvgIpc) is 3.65. The van der Waals surface area contributed by atoms with Crippen molar-refractivity contribution in [2.45, 2.75) is 50.9 Å². The third-order valence-electron chi connectivity index (χ3n) is 7.34. The normalized spacial score (nSPS) is 20.1. The van der Waals surface area contributed by atoms with Crippen LogP contribution in [-0.4, -0.2) is 64.1 Å². The number of cyclic esters (lactones) is 1. The van der Waals surface area contributed by atoms with Gasteiger partial charge >= 0.3 is 6.09 Å². The number of benzene rings is 1. The zero-order valence-electron chi connectivity index (χ0n) is 21.0. The summed E-state index contributed by atoms with van der Waals surface area (Å²) in [6.45, 7) is 2.11. The Hall–Kier alpha value is -3.79. The van der Waals surface area contributed by atoms with Gasteiger partial charge in [0.05, 0.1) is 19.3 Å². The fourth-order valence-electron chi connectivity index (χ4n) is 5.37. The lowest BCUT2D eigenvalue weighted by Gasteiger charge is -2.33. The van der Waals surface area contributed by atoms with Gasteiger partial charge in [0.2, 0.25) is 5.88 Å². The van der Waals surface area contributed by atoms with Gasteiger partial charge in [-0.2, -0.15) is 5.10 Å². The molecule has 11 heteroatoms. The van der Waals surface area contributed by atoms with E-state index in [4.69, 9.17) is 30.8 Å². The smallest absolute Gasteiger partial charge is 0.410 e. The van der Waals surface area contributed by atoms with Crippen LogP contribution in [0.5, 0.6) is 11.6 Å². The molecule has 38 heavy (non-hydrogen) atoms. The Balaban J connectivity index is 1.31. The summed E-state index contributed by atoms with van der Waals surface area (Å²) >= 11 is 5.98. The third kappa shape index (κ3) is 4.64. The van der Waals surface area contributed by atoms with E-state index in [1.165, 1.54) is 7.11 Å². The van der Waals surface area contributed by atoms with Crippen LogP contribution in [0.15, 0.2) is 36.5 Å². The maximum absolute atomic E-state index is 13.3. The number of carbonyl (C=O) groups excluding carboxylic acids is 2. The van der Waals surface area contributed by atoms with Gasteiger partial charge in [-0.25, -0.2) is 9.78 Å². The summed E-state index contributed by atoms with van der Waals surface area (Å²) in [5.74, 6) is 0.378. The number of rotatable bonds is 7. The van der Waals surface area contributed by atoms with Crippen LogP contribution in [0.1, 0.15) is 40.9 Å². The zero-order valence-corrected chi connectivity index (χ0v) is 21.7. The first-order chi connectivity index (χ1) is 18.5. The second-order valence-corrected chi connectivity index (χ2v) is 10.2. The van der Waals surface area contributed by atoms with Crippen LogP contribution in [0.25, 0.3) is 11.3 Å². The molecule has 10 nitrogen and oxygen atoms in total. The van der Waals surface area contributed by atoms with E-state index in [0.717, 1.165) is 36.2 Å². The van der Waals surface area contributed by atoms with E-state index in [-0.39, 0.29) is 35.6 Å². The number of aryl methyl sites for hydroxylation is 1. The quantitative estimate of drug-likeness (QED) is 0.488. The Labute approximate surface area is 224 Å². The van der Waals surface area contributed by atoms with Crippen molar-refractivity contribution in [3.05, 3.63) is 58.4 Å². The van der Waals surface area contributed by atoms with Gasteiger partial charge in [-0.15, -0.1) is 0 Å². The number of halogens is 1. The summed E-state index contributed by atoms with van der Waals surface area (Å²) in [5, 5.41) is 8.10. The van der Waals surface area contributed by atoms with E-state index >= 15 is 0 Å². The number of fused-ring (bicyclic) bond motifs is 2. The van der Waals surface area contributed by atoms with E-state index in [1.54, 1.807) is 29.3 Å². The van der Waals surface area contributed by atoms with Crippen LogP contribution in [-0.2, 0) is 24.2 Å². The molecule has 2 aromatic heterocycles. The van der Waals surface area contributed by atoms with Crippen molar-refractivity contribution in [1.82, 2.24) is 25.0 Å². The molecule has 5 heterocycles. The van der Waals surface area contributed by atoms with Crippen LogP contribution < -0.4 is 14.8 Å². The predicted octanol–water partition coefficient (Wildman–Crippen LogP) is 3.85. The second-order valence-electron chi connectivity index (χ2n) is 9.72. The van der Waals surface area contributed by atoms with E-state index in [2.05, 4.69) is 10.4 Å². The van der Waals surface area contributed by atoms with Gasteiger partial charge in [0.15, 0.2) is 0 Å². The lowest BCUT2D eigenvalue weighted by Crippen LogP contribution is -2.44. The molecule has 0 radical (unpaired) electrons. The highest BCUT2D eigenvalue weighted by atomic mass is 35.5. The summed E-state index contributed by atoms with van der Waals surface area (Å²) in [5.41, 5.74) is 3.76. The molecule has 3 aromatic rings. The first-order valence-electron chi connectivity index (χ1n) is 12.8. The van der Waals surface area contributed by atoms with Crippen LogP contribution in [0.3, 0.4) is 0 Å². The van der Waals surface area contributed by atoms with Gasteiger partial charge in [-0.1, -0.05) is 23.7 Å². The highest BCUT2D eigenvalue weighted by Gasteiger charge is 2.39. The molecule has 2 saturated heterocycles. The molecule has 0 unspecified atom stereocenters. The number of amides is 2. The number of piperidine rings is 1. The predicted molar refractivity (Wildman–Crippen MR) is 138 cm³/mol. The molecular formula is C27H28ClN5O5. The lowest BCUT2D eigenvalue weighted by molar-refractivity contribution is 0.0913. The average molecular weight is 538 g/mol. The standard InChI is InChI=1S/C27H28ClN5O5/c1-36-26-20(25(34)29-13-16-4-6-17(28)7-5-16)12-23(24(31-26)21-14-30-33-9-2-3-22(21)33)38-19-8-10-32-18(11-19)15-37-27(32)35/h4-7,12,14,18-19H,2-3,8-11,13,15H2,1H3,(H,29,34)/t18-,19-/m0/s1. The Kier molecular flexibility index (Phi) is 6.57. The minimum atomic E-state index is -0.328. The van der Waals surface area contributed by atoms with E-state index < -0.39 is 0 Å². The lowest BCUT2D eigenvalue weighted by atomic mass is 10.0. The largest absolute Gasteiger partial charge is 0.488 e. The van der Waals surface area contributed by atoms with Gasteiger partial charge in [0, 0.05) is 54.8 Å². The minimum absolute atomic E-state index is 0.0153. The highest BCUT2D eigenvalue weighted by molar-refractivity contribution is 6.30. The van der Waals surface area contributed by atoms with Crippen molar-refractivity contribution in [2.24, 2.45) is 0 Å². The van der Waals surface area contributed by atoms with Crippen LogP contribution >= 0.6 is 11.6 Å². The van der Waals surface area contributed by atoms with Crippen LogP contribution in [0.2, 0.25) is 5.02 Å². The number of hydrogen-bond acceptors (Lipinski definition) is 7. The van der Waals surface area contributed by atoms with E-state index in [0.29, 0.717) is 49.0 Å². The van der Waals surface area contributed by atoms with Crippen molar-refractivity contribution in [2.75, 3.05) is 20.3 Å². The number of aromatic nitrogens is 3.